The summed E-state index contributed by atoms with van der Waals surface area (Å²) in [7, 11) is 1.61. The molecule has 0 amide bonds. The van der Waals surface area contributed by atoms with Gasteiger partial charge in [0.25, 0.3) is 0 Å². The van der Waals surface area contributed by atoms with Crippen molar-refractivity contribution in [2.75, 3.05) is 32.2 Å². The minimum absolute atomic E-state index is 0.0583. The first-order valence-corrected chi connectivity index (χ1v) is 7.08. The number of benzene rings is 1. The fourth-order valence-corrected chi connectivity index (χ4v) is 1.97. The zero-order chi connectivity index (χ0) is 15.0. The molecule has 0 heterocycles. The van der Waals surface area contributed by atoms with Gasteiger partial charge < -0.3 is 19.9 Å². The predicted molar refractivity (Wildman–Crippen MR) is 80.6 cm³/mol. The van der Waals surface area contributed by atoms with E-state index in [-0.39, 0.29) is 12.7 Å². The van der Waals surface area contributed by atoms with Gasteiger partial charge in [-0.05, 0) is 25.1 Å². The number of aliphatic hydroxyl groups excluding tert-OH is 1. The Kier molecular flexibility index (Phi) is 7.55. The quantitative estimate of drug-likeness (QED) is 0.757. The van der Waals surface area contributed by atoms with E-state index in [9.17, 15) is 5.11 Å². The van der Waals surface area contributed by atoms with Crippen LogP contribution in [0.15, 0.2) is 22.7 Å². The molecule has 0 fully saturated rings. The molecule has 20 heavy (non-hydrogen) atoms. The summed E-state index contributed by atoms with van der Waals surface area (Å²) in [5.41, 5.74) is 1.22. The van der Waals surface area contributed by atoms with Crippen LogP contribution in [0.3, 0.4) is 0 Å². The monoisotopic (exact) mass is 342 g/mol. The van der Waals surface area contributed by atoms with Gasteiger partial charge in [0.05, 0.1) is 36.7 Å². The molecule has 1 rings (SSSR count). The van der Waals surface area contributed by atoms with Gasteiger partial charge in [0.2, 0.25) is 0 Å². The second-order valence-electron chi connectivity index (χ2n) is 4.44. The van der Waals surface area contributed by atoms with Crippen molar-refractivity contribution in [1.82, 2.24) is 0 Å². The molecule has 0 aliphatic carbocycles. The third-order valence-corrected chi connectivity index (χ3v) is 3.10. The Balaban J connectivity index is 2.41. The molecule has 0 spiro atoms. The first kappa shape index (κ1) is 16.9. The van der Waals surface area contributed by atoms with Crippen LogP contribution >= 0.6 is 15.9 Å². The van der Waals surface area contributed by atoms with Crippen molar-refractivity contribution in [2.24, 2.45) is 0 Å². The molecule has 2 atom stereocenters. The van der Waals surface area contributed by atoms with Gasteiger partial charge in [0.1, 0.15) is 6.07 Å². The number of rotatable bonds is 8. The number of aliphatic hydroxyl groups is 1. The van der Waals surface area contributed by atoms with Gasteiger partial charge in [0, 0.05) is 18.1 Å². The topological polar surface area (TPSA) is 74.5 Å². The molecule has 0 aromatic heterocycles. The Labute approximate surface area is 127 Å². The fourth-order valence-electron chi connectivity index (χ4n) is 1.61. The van der Waals surface area contributed by atoms with E-state index >= 15 is 0 Å². The van der Waals surface area contributed by atoms with Gasteiger partial charge in [-0.15, -0.1) is 0 Å². The molecule has 0 bridgehead atoms. The molecule has 0 aliphatic rings. The molecular formula is C14H19BrN2O3. The van der Waals surface area contributed by atoms with Gasteiger partial charge in [-0.2, -0.15) is 5.26 Å². The molecule has 6 heteroatoms. The zero-order valence-corrected chi connectivity index (χ0v) is 13.2. The van der Waals surface area contributed by atoms with Gasteiger partial charge in [-0.3, -0.25) is 0 Å². The summed E-state index contributed by atoms with van der Waals surface area (Å²) in [6.07, 6.45) is -0.707. The number of hydrogen-bond acceptors (Lipinski definition) is 5. The van der Waals surface area contributed by atoms with Crippen LogP contribution in [0.25, 0.3) is 0 Å². The van der Waals surface area contributed by atoms with Crippen molar-refractivity contribution in [1.29, 1.82) is 5.26 Å². The Bertz CT molecular complexity index is 462. The number of nitrogens with one attached hydrogen (secondary N) is 1. The highest BCUT2D eigenvalue weighted by atomic mass is 79.9. The van der Waals surface area contributed by atoms with E-state index in [1.54, 1.807) is 19.2 Å². The Morgan fingerprint density at radius 2 is 2.20 bits per heavy atom. The van der Waals surface area contributed by atoms with Crippen LogP contribution in [0.2, 0.25) is 0 Å². The summed E-state index contributed by atoms with van der Waals surface area (Å²) in [5.74, 6) is 0. The van der Waals surface area contributed by atoms with E-state index < -0.39 is 6.10 Å². The number of hydrogen-bond donors (Lipinski definition) is 2. The van der Waals surface area contributed by atoms with Gasteiger partial charge in [-0.1, -0.05) is 15.9 Å². The molecule has 1 aromatic rings. The summed E-state index contributed by atoms with van der Waals surface area (Å²) < 4.78 is 11.2. The molecule has 5 nitrogen and oxygen atoms in total. The third kappa shape index (κ3) is 5.88. The van der Waals surface area contributed by atoms with E-state index in [0.29, 0.717) is 24.4 Å². The van der Waals surface area contributed by atoms with Crippen LogP contribution in [-0.2, 0) is 9.47 Å². The highest BCUT2D eigenvalue weighted by Gasteiger charge is 2.09. The summed E-state index contributed by atoms with van der Waals surface area (Å²) in [5, 5.41) is 21.9. The smallest absolute Gasteiger partial charge is 0.101 e. The number of anilines is 1. The number of halogens is 1. The van der Waals surface area contributed by atoms with Gasteiger partial charge in [-0.25, -0.2) is 0 Å². The summed E-state index contributed by atoms with van der Waals surface area (Å²) in [6.45, 7) is 2.91. The molecule has 110 valence electrons. The summed E-state index contributed by atoms with van der Waals surface area (Å²) in [4.78, 5) is 0. The Morgan fingerprint density at radius 1 is 1.45 bits per heavy atom. The highest BCUT2D eigenvalue weighted by Crippen LogP contribution is 2.20. The standard InChI is InChI=1S/C14H19BrN2O3/c1-10(8-19-2)20-9-13(18)7-17-14-4-3-12(15)5-11(14)6-16/h3-5,10,13,17-18H,7-9H2,1-2H3. The lowest BCUT2D eigenvalue weighted by atomic mass is 10.2. The largest absolute Gasteiger partial charge is 0.389 e. The third-order valence-electron chi connectivity index (χ3n) is 2.60. The van der Waals surface area contributed by atoms with Gasteiger partial charge >= 0.3 is 0 Å². The molecule has 2 N–H and O–H groups in total. The van der Waals surface area contributed by atoms with Crippen molar-refractivity contribution >= 4 is 21.6 Å². The SMILES string of the molecule is COCC(C)OCC(O)CNc1ccc(Br)cc1C#N. The van der Waals surface area contributed by atoms with Crippen LogP contribution in [0.1, 0.15) is 12.5 Å². The number of ether oxygens (including phenoxy) is 2. The van der Waals surface area contributed by atoms with Crippen LogP contribution in [-0.4, -0.2) is 44.2 Å². The molecule has 0 radical (unpaired) electrons. The van der Waals surface area contributed by atoms with E-state index in [4.69, 9.17) is 14.7 Å². The Morgan fingerprint density at radius 3 is 2.85 bits per heavy atom. The fraction of sp³-hybridized carbons (Fsp3) is 0.500. The van der Waals surface area contributed by atoms with E-state index in [2.05, 4.69) is 27.3 Å². The van der Waals surface area contributed by atoms with Crippen LogP contribution < -0.4 is 5.32 Å². The number of nitrogens with zero attached hydrogens (tertiary/aromatic N) is 1. The average molecular weight is 343 g/mol. The van der Waals surface area contributed by atoms with Crippen molar-refractivity contribution < 1.29 is 14.6 Å². The lowest BCUT2D eigenvalue weighted by molar-refractivity contribution is -0.0282. The summed E-state index contributed by atoms with van der Waals surface area (Å²) in [6, 6.07) is 7.47. The van der Waals surface area contributed by atoms with Crippen LogP contribution in [0.5, 0.6) is 0 Å². The molecular weight excluding hydrogens is 324 g/mol. The Hall–Kier alpha value is -1.13. The van der Waals surface area contributed by atoms with Gasteiger partial charge in [0.15, 0.2) is 0 Å². The maximum atomic E-state index is 9.83. The predicted octanol–water partition coefficient (Wildman–Crippen LogP) is 2.15. The first-order valence-electron chi connectivity index (χ1n) is 6.29. The van der Waals surface area contributed by atoms with Crippen molar-refractivity contribution in [3.05, 3.63) is 28.2 Å². The van der Waals surface area contributed by atoms with Crippen molar-refractivity contribution in [3.8, 4) is 6.07 Å². The second-order valence-corrected chi connectivity index (χ2v) is 5.35. The minimum atomic E-state index is -0.649. The maximum absolute atomic E-state index is 9.83. The lowest BCUT2D eigenvalue weighted by Crippen LogP contribution is -2.28. The molecule has 0 aliphatic heterocycles. The molecule has 0 saturated heterocycles. The average Bonchev–Trinajstić information content (AvgIpc) is 2.44. The molecule has 1 aromatic carbocycles. The number of nitriles is 1. The van der Waals surface area contributed by atoms with E-state index in [0.717, 1.165) is 4.47 Å². The van der Waals surface area contributed by atoms with Crippen LogP contribution in [0, 0.1) is 11.3 Å². The maximum Gasteiger partial charge on any atom is 0.101 e. The van der Waals surface area contributed by atoms with Crippen molar-refractivity contribution in [2.45, 2.75) is 19.1 Å². The molecule has 2 unspecified atom stereocenters. The van der Waals surface area contributed by atoms with E-state index in [1.807, 2.05) is 13.0 Å². The first-order chi connectivity index (χ1) is 9.56. The highest BCUT2D eigenvalue weighted by molar-refractivity contribution is 9.10. The lowest BCUT2D eigenvalue weighted by Gasteiger charge is -2.17. The van der Waals surface area contributed by atoms with Crippen molar-refractivity contribution in [3.63, 3.8) is 0 Å². The zero-order valence-electron chi connectivity index (χ0n) is 11.6. The number of methoxy groups -OCH3 is 1. The molecule has 0 saturated carbocycles. The van der Waals surface area contributed by atoms with Crippen LogP contribution in [0.4, 0.5) is 5.69 Å². The minimum Gasteiger partial charge on any atom is -0.389 e. The summed E-state index contributed by atoms with van der Waals surface area (Å²) >= 11 is 3.31. The van der Waals surface area contributed by atoms with E-state index in [1.165, 1.54) is 0 Å². The normalized spacial score (nSPS) is 13.6. The second kappa shape index (κ2) is 8.93.